The average molecular weight is 422 g/mol. The Bertz CT molecular complexity index is 944. The molecule has 0 radical (unpaired) electrons. The van der Waals surface area contributed by atoms with Crippen LogP contribution in [-0.4, -0.2) is 39.6 Å². The van der Waals surface area contributed by atoms with E-state index >= 15 is 0 Å². The number of halogens is 3. The Balaban J connectivity index is 1.89. The standard InChI is InChI=1S/C19H21F3N6O2/c1-11(10-12-6-7-12)24-18-27-16(13-4-3-5-14(25-13)19(20,21)22)26-17(28-18)23-9-8-15(29)30-2/h3-5,10,12H,6-9H2,1-2H3,(H2,23,24,26,27,28). The summed E-state index contributed by atoms with van der Waals surface area (Å²) in [5.41, 5.74) is -0.262. The number of pyridine rings is 1. The number of carbonyl (C=O) groups is 1. The van der Waals surface area contributed by atoms with Gasteiger partial charge in [0.05, 0.1) is 13.5 Å². The zero-order valence-electron chi connectivity index (χ0n) is 16.5. The fourth-order valence-electron chi connectivity index (χ4n) is 2.56. The SMILES string of the molecule is COC(=O)CCNc1nc(NC(C)=CC2CC2)nc(-c2cccc(C(F)(F)F)n2)n1. The summed E-state index contributed by atoms with van der Waals surface area (Å²) in [5, 5.41) is 5.90. The zero-order chi connectivity index (χ0) is 21.7. The van der Waals surface area contributed by atoms with E-state index in [4.69, 9.17) is 0 Å². The molecule has 0 atom stereocenters. The Labute approximate surface area is 171 Å². The first-order valence-electron chi connectivity index (χ1n) is 9.31. The molecule has 3 rings (SSSR count). The lowest BCUT2D eigenvalue weighted by Crippen LogP contribution is -2.14. The quantitative estimate of drug-likeness (QED) is 0.622. The summed E-state index contributed by atoms with van der Waals surface area (Å²) in [7, 11) is 1.28. The van der Waals surface area contributed by atoms with Gasteiger partial charge in [-0.15, -0.1) is 0 Å². The normalized spacial score (nSPS) is 14.4. The number of esters is 1. The van der Waals surface area contributed by atoms with Gasteiger partial charge < -0.3 is 15.4 Å². The van der Waals surface area contributed by atoms with Gasteiger partial charge in [0, 0.05) is 12.2 Å². The number of carbonyl (C=O) groups excluding carboxylic acids is 1. The molecule has 0 spiro atoms. The molecule has 1 saturated carbocycles. The lowest BCUT2D eigenvalue weighted by atomic mass is 10.3. The zero-order valence-corrected chi connectivity index (χ0v) is 16.5. The number of aromatic nitrogens is 4. The van der Waals surface area contributed by atoms with E-state index < -0.39 is 17.8 Å². The second kappa shape index (κ2) is 9.06. The summed E-state index contributed by atoms with van der Waals surface area (Å²) in [6.07, 6.45) is -0.222. The third kappa shape index (κ3) is 6.13. The molecule has 30 heavy (non-hydrogen) atoms. The van der Waals surface area contributed by atoms with Crippen LogP contribution in [0.15, 0.2) is 30.0 Å². The fourth-order valence-corrected chi connectivity index (χ4v) is 2.56. The molecule has 1 aliphatic rings. The highest BCUT2D eigenvalue weighted by molar-refractivity contribution is 5.69. The van der Waals surface area contributed by atoms with Crippen molar-refractivity contribution in [3.63, 3.8) is 0 Å². The van der Waals surface area contributed by atoms with Crippen molar-refractivity contribution in [2.24, 2.45) is 5.92 Å². The van der Waals surface area contributed by atoms with Crippen LogP contribution >= 0.6 is 0 Å². The summed E-state index contributed by atoms with van der Waals surface area (Å²) < 4.78 is 43.7. The smallest absolute Gasteiger partial charge is 0.433 e. The molecule has 2 heterocycles. The van der Waals surface area contributed by atoms with Crippen LogP contribution in [0.4, 0.5) is 25.1 Å². The molecule has 2 aromatic rings. The minimum Gasteiger partial charge on any atom is -0.469 e. The van der Waals surface area contributed by atoms with Gasteiger partial charge in [0.25, 0.3) is 0 Å². The molecule has 0 aromatic carbocycles. The van der Waals surface area contributed by atoms with Gasteiger partial charge in [-0.2, -0.15) is 28.1 Å². The summed E-state index contributed by atoms with van der Waals surface area (Å²) in [6, 6.07) is 3.51. The van der Waals surface area contributed by atoms with Gasteiger partial charge in [-0.05, 0) is 37.8 Å². The molecule has 11 heteroatoms. The first kappa shape index (κ1) is 21.5. The lowest BCUT2D eigenvalue weighted by molar-refractivity contribution is -0.141. The predicted molar refractivity (Wildman–Crippen MR) is 103 cm³/mol. The van der Waals surface area contributed by atoms with Crippen LogP contribution in [0.25, 0.3) is 11.5 Å². The van der Waals surface area contributed by atoms with E-state index in [0.29, 0.717) is 5.92 Å². The first-order chi connectivity index (χ1) is 14.2. The fraction of sp³-hybridized carbons (Fsp3) is 0.421. The number of methoxy groups -OCH3 is 1. The topological polar surface area (TPSA) is 102 Å². The Morgan fingerprint density at radius 2 is 1.93 bits per heavy atom. The number of nitrogens with one attached hydrogen (secondary N) is 2. The van der Waals surface area contributed by atoms with E-state index in [9.17, 15) is 18.0 Å². The summed E-state index contributed by atoms with van der Waals surface area (Å²) in [6.45, 7) is 2.04. The maximum Gasteiger partial charge on any atom is 0.433 e. The largest absolute Gasteiger partial charge is 0.469 e. The number of hydrogen-bond donors (Lipinski definition) is 2. The highest BCUT2D eigenvalue weighted by Crippen LogP contribution is 2.31. The van der Waals surface area contributed by atoms with Gasteiger partial charge in [-0.1, -0.05) is 12.1 Å². The van der Waals surface area contributed by atoms with Crippen LogP contribution < -0.4 is 10.6 Å². The van der Waals surface area contributed by atoms with E-state index in [-0.39, 0.29) is 36.4 Å². The molecule has 1 aliphatic carbocycles. The molecule has 0 amide bonds. The number of rotatable bonds is 8. The molecule has 0 aliphatic heterocycles. The second-order valence-corrected chi connectivity index (χ2v) is 6.78. The number of ether oxygens (including phenoxy) is 1. The number of hydrogen-bond acceptors (Lipinski definition) is 8. The van der Waals surface area contributed by atoms with Crippen molar-refractivity contribution in [3.05, 3.63) is 35.7 Å². The Morgan fingerprint density at radius 3 is 2.60 bits per heavy atom. The molecule has 160 valence electrons. The van der Waals surface area contributed by atoms with Crippen LogP contribution in [0.5, 0.6) is 0 Å². The van der Waals surface area contributed by atoms with Gasteiger partial charge in [0.2, 0.25) is 11.9 Å². The molecule has 0 unspecified atom stereocenters. The molecule has 8 nitrogen and oxygen atoms in total. The van der Waals surface area contributed by atoms with Gasteiger partial charge in [0.15, 0.2) is 5.82 Å². The van der Waals surface area contributed by atoms with Crippen LogP contribution in [0.1, 0.15) is 31.9 Å². The second-order valence-electron chi connectivity index (χ2n) is 6.78. The number of nitrogens with zero attached hydrogens (tertiary/aromatic N) is 4. The molecular formula is C19H21F3N6O2. The molecule has 0 saturated heterocycles. The maximum atomic E-state index is 13.0. The van der Waals surface area contributed by atoms with Crippen LogP contribution in [0.3, 0.4) is 0 Å². The molecule has 1 fully saturated rings. The van der Waals surface area contributed by atoms with Gasteiger partial charge in [-0.25, -0.2) is 4.98 Å². The predicted octanol–water partition coefficient (Wildman–Crippen LogP) is 3.65. The third-order valence-electron chi connectivity index (χ3n) is 4.16. The van der Waals surface area contributed by atoms with E-state index in [1.54, 1.807) is 0 Å². The van der Waals surface area contributed by atoms with Crippen LogP contribution in [0, 0.1) is 5.92 Å². The van der Waals surface area contributed by atoms with Crippen molar-refractivity contribution in [1.82, 2.24) is 19.9 Å². The van der Waals surface area contributed by atoms with E-state index in [1.807, 2.05) is 6.92 Å². The Morgan fingerprint density at radius 1 is 1.20 bits per heavy atom. The Hall–Kier alpha value is -3.24. The number of anilines is 2. The summed E-state index contributed by atoms with van der Waals surface area (Å²) >= 11 is 0. The van der Waals surface area contributed by atoms with Crippen molar-refractivity contribution in [1.29, 1.82) is 0 Å². The third-order valence-corrected chi connectivity index (χ3v) is 4.16. The minimum absolute atomic E-state index is 0.0293. The number of alkyl halides is 3. The minimum atomic E-state index is -4.59. The highest BCUT2D eigenvalue weighted by atomic mass is 19.4. The average Bonchev–Trinajstić information content (AvgIpc) is 3.51. The van der Waals surface area contributed by atoms with E-state index in [0.717, 1.165) is 24.6 Å². The molecular weight excluding hydrogens is 401 g/mol. The van der Waals surface area contributed by atoms with Crippen molar-refractivity contribution < 1.29 is 22.7 Å². The van der Waals surface area contributed by atoms with Gasteiger partial charge >= 0.3 is 12.1 Å². The monoisotopic (exact) mass is 422 g/mol. The van der Waals surface area contributed by atoms with Crippen molar-refractivity contribution in [3.8, 4) is 11.5 Å². The molecule has 0 bridgehead atoms. The van der Waals surface area contributed by atoms with Crippen molar-refractivity contribution >= 4 is 17.9 Å². The van der Waals surface area contributed by atoms with Crippen molar-refractivity contribution in [2.75, 3.05) is 24.3 Å². The van der Waals surface area contributed by atoms with Crippen molar-refractivity contribution in [2.45, 2.75) is 32.4 Å². The lowest BCUT2D eigenvalue weighted by Gasteiger charge is -2.11. The van der Waals surface area contributed by atoms with Gasteiger partial charge in [-0.3, -0.25) is 4.79 Å². The summed E-state index contributed by atoms with van der Waals surface area (Å²) in [4.78, 5) is 27.5. The van der Waals surface area contributed by atoms with Crippen LogP contribution in [-0.2, 0) is 15.7 Å². The molecule has 2 aromatic heterocycles. The Kier molecular flexibility index (Phi) is 6.48. The highest BCUT2D eigenvalue weighted by Gasteiger charge is 2.32. The van der Waals surface area contributed by atoms with E-state index in [1.165, 1.54) is 19.2 Å². The summed E-state index contributed by atoms with van der Waals surface area (Å²) in [5.74, 6) is 0.330. The molecule has 2 N–H and O–H groups in total. The first-order valence-corrected chi connectivity index (χ1v) is 9.31. The van der Waals surface area contributed by atoms with Gasteiger partial charge in [0.1, 0.15) is 11.4 Å². The van der Waals surface area contributed by atoms with E-state index in [2.05, 4.69) is 41.4 Å². The number of allylic oxidation sites excluding steroid dienone is 2. The van der Waals surface area contributed by atoms with Crippen LogP contribution in [0.2, 0.25) is 0 Å². The maximum absolute atomic E-state index is 13.0.